The van der Waals surface area contributed by atoms with E-state index in [0.29, 0.717) is 24.0 Å². The van der Waals surface area contributed by atoms with E-state index in [1.54, 1.807) is 4.57 Å². The number of hydrogen-bond acceptors (Lipinski definition) is 4. The first kappa shape index (κ1) is 18.6. The highest BCUT2D eigenvalue weighted by Crippen LogP contribution is 2.19. The van der Waals surface area contributed by atoms with Crippen LogP contribution in [0, 0.1) is 11.3 Å². The smallest absolute Gasteiger partial charge is 0.327 e. The molecule has 1 aliphatic rings. The molecule has 1 atom stereocenters. The van der Waals surface area contributed by atoms with Crippen molar-refractivity contribution in [3.8, 4) is 0 Å². The van der Waals surface area contributed by atoms with Crippen molar-refractivity contribution in [3.63, 3.8) is 0 Å². The summed E-state index contributed by atoms with van der Waals surface area (Å²) in [5, 5.41) is 14.1. The molecule has 8 heteroatoms. The van der Waals surface area contributed by atoms with Crippen LogP contribution in [0.5, 0.6) is 0 Å². The molecule has 1 aromatic heterocycles. The van der Waals surface area contributed by atoms with Gasteiger partial charge < -0.3 is 21.0 Å². The number of amidine groups is 1. The molecular formula is C18H23BrN6O. The number of benzene rings is 1. The number of anilines is 1. The van der Waals surface area contributed by atoms with Crippen LogP contribution in [0.4, 0.5) is 5.82 Å². The topological polar surface area (TPSA) is 98.1 Å². The Hall–Kier alpha value is -2.19. The van der Waals surface area contributed by atoms with Crippen molar-refractivity contribution < 1.29 is 0 Å². The highest BCUT2D eigenvalue weighted by atomic mass is 79.9. The summed E-state index contributed by atoms with van der Waals surface area (Å²) in [6.45, 7) is 5.08. The first-order valence-electron chi connectivity index (χ1n) is 8.64. The molecule has 0 aliphatic carbocycles. The van der Waals surface area contributed by atoms with Crippen LogP contribution < -0.4 is 16.3 Å². The third kappa shape index (κ3) is 4.31. The van der Waals surface area contributed by atoms with Gasteiger partial charge in [-0.15, -0.1) is 0 Å². The Morgan fingerprint density at radius 1 is 1.50 bits per heavy atom. The van der Waals surface area contributed by atoms with Crippen LogP contribution in [0.25, 0.3) is 0 Å². The van der Waals surface area contributed by atoms with Gasteiger partial charge in [-0.25, -0.2) is 4.79 Å². The van der Waals surface area contributed by atoms with Crippen LogP contribution in [0.15, 0.2) is 38.5 Å². The number of aromatic nitrogens is 2. The van der Waals surface area contributed by atoms with Gasteiger partial charge in [0.25, 0.3) is 0 Å². The van der Waals surface area contributed by atoms with Crippen molar-refractivity contribution in [2.75, 3.05) is 25.0 Å². The molecule has 1 unspecified atom stereocenters. The van der Waals surface area contributed by atoms with Gasteiger partial charge >= 0.3 is 5.69 Å². The van der Waals surface area contributed by atoms with Crippen molar-refractivity contribution in [1.29, 1.82) is 5.41 Å². The van der Waals surface area contributed by atoms with E-state index in [-0.39, 0.29) is 5.69 Å². The third-order valence-corrected chi connectivity index (χ3v) is 5.26. The first-order valence-corrected chi connectivity index (χ1v) is 9.43. The molecule has 0 spiro atoms. The van der Waals surface area contributed by atoms with E-state index < -0.39 is 0 Å². The van der Waals surface area contributed by atoms with Gasteiger partial charge in [-0.2, -0.15) is 0 Å². The van der Waals surface area contributed by atoms with Crippen LogP contribution in [-0.4, -0.2) is 41.2 Å². The average Bonchev–Trinajstić information content (AvgIpc) is 3.25. The summed E-state index contributed by atoms with van der Waals surface area (Å²) < 4.78 is 2.53. The highest BCUT2D eigenvalue weighted by molar-refractivity contribution is 9.10. The van der Waals surface area contributed by atoms with Gasteiger partial charge in [-0.05, 0) is 44.0 Å². The molecule has 3 rings (SSSR count). The van der Waals surface area contributed by atoms with Crippen molar-refractivity contribution in [1.82, 2.24) is 14.9 Å². The van der Waals surface area contributed by atoms with E-state index in [1.807, 2.05) is 31.2 Å². The predicted molar refractivity (Wildman–Crippen MR) is 109 cm³/mol. The number of aliphatic imine (C=N–C) groups is 1. The van der Waals surface area contributed by atoms with Gasteiger partial charge in [0.15, 0.2) is 0 Å². The molecule has 1 aromatic carbocycles. The van der Waals surface area contributed by atoms with Crippen molar-refractivity contribution in [2.24, 2.45) is 10.9 Å². The Balaban J connectivity index is 1.83. The fourth-order valence-corrected chi connectivity index (χ4v) is 3.43. The molecule has 26 heavy (non-hydrogen) atoms. The number of nitrogens with zero attached hydrogens (tertiary/aromatic N) is 2. The highest BCUT2D eigenvalue weighted by Gasteiger charge is 2.16. The summed E-state index contributed by atoms with van der Waals surface area (Å²) in [7, 11) is 0. The summed E-state index contributed by atoms with van der Waals surface area (Å²) in [4.78, 5) is 19.7. The fourth-order valence-electron chi connectivity index (χ4n) is 3.02. The summed E-state index contributed by atoms with van der Waals surface area (Å²) in [5.41, 5.74) is 1.17. The Morgan fingerprint density at radius 3 is 3.00 bits per heavy atom. The quantitative estimate of drug-likeness (QED) is 0.428. The Bertz CT molecular complexity index is 863. The lowest BCUT2D eigenvalue weighted by Gasteiger charge is -2.12. The molecular weight excluding hydrogens is 396 g/mol. The zero-order valence-corrected chi connectivity index (χ0v) is 16.3. The third-order valence-electron chi connectivity index (χ3n) is 4.49. The van der Waals surface area contributed by atoms with Gasteiger partial charge in [-0.1, -0.05) is 34.1 Å². The summed E-state index contributed by atoms with van der Waals surface area (Å²) in [5.74, 6) is 1.86. The molecule has 2 aromatic rings. The van der Waals surface area contributed by atoms with Crippen LogP contribution in [-0.2, 0) is 6.54 Å². The van der Waals surface area contributed by atoms with Gasteiger partial charge in [0, 0.05) is 17.2 Å². The van der Waals surface area contributed by atoms with Gasteiger partial charge in [0.05, 0.1) is 12.4 Å². The van der Waals surface area contributed by atoms with E-state index in [1.165, 1.54) is 0 Å². The molecule has 1 saturated heterocycles. The Kier molecular flexibility index (Phi) is 6.05. The molecule has 138 valence electrons. The zero-order valence-electron chi connectivity index (χ0n) is 14.7. The molecule has 0 saturated carbocycles. The minimum atomic E-state index is -0.255. The number of imidazole rings is 1. The molecule has 0 bridgehead atoms. The molecule has 0 radical (unpaired) electrons. The van der Waals surface area contributed by atoms with E-state index in [2.05, 4.69) is 36.5 Å². The molecule has 2 heterocycles. The molecule has 0 amide bonds. The lowest BCUT2D eigenvalue weighted by Crippen LogP contribution is -2.22. The Morgan fingerprint density at radius 2 is 2.31 bits per heavy atom. The minimum absolute atomic E-state index is 0.255. The van der Waals surface area contributed by atoms with Crippen LogP contribution in [0.2, 0.25) is 0 Å². The maximum absolute atomic E-state index is 12.4. The standard InChI is InChI=1S/C18H23BrN6O/c1-12(22-10-13-6-7-21-9-13)23-17-16(8-20)24-18(26)25(17)11-14-4-2-3-5-15(14)19/h2-5,8,13,20-21H,6-7,9-11H2,1H3,(H,22,23)(H,24,26). The molecule has 7 nitrogen and oxygen atoms in total. The monoisotopic (exact) mass is 418 g/mol. The van der Waals surface area contributed by atoms with Crippen LogP contribution in [0.1, 0.15) is 24.6 Å². The van der Waals surface area contributed by atoms with E-state index in [0.717, 1.165) is 48.1 Å². The maximum Gasteiger partial charge on any atom is 0.327 e. The van der Waals surface area contributed by atoms with E-state index >= 15 is 0 Å². The van der Waals surface area contributed by atoms with E-state index in [4.69, 9.17) is 5.41 Å². The first-order chi connectivity index (χ1) is 12.6. The molecule has 4 N–H and O–H groups in total. The van der Waals surface area contributed by atoms with E-state index in [9.17, 15) is 4.79 Å². The number of H-pyrrole nitrogens is 1. The van der Waals surface area contributed by atoms with Gasteiger partial charge in [-0.3, -0.25) is 9.56 Å². The second kappa shape index (κ2) is 8.46. The minimum Gasteiger partial charge on any atom is -0.329 e. The molecule has 1 aliphatic heterocycles. The number of hydrogen-bond donors (Lipinski definition) is 4. The van der Waals surface area contributed by atoms with Crippen molar-refractivity contribution in [3.05, 3.63) is 50.5 Å². The van der Waals surface area contributed by atoms with Crippen LogP contribution >= 0.6 is 15.9 Å². The van der Waals surface area contributed by atoms with Crippen molar-refractivity contribution in [2.45, 2.75) is 19.9 Å². The number of aromatic amines is 1. The molecule has 1 fully saturated rings. The summed E-state index contributed by atoms with van der Waals surface area (Å²) >= 11 is 3.52. The maximum atomic E-state index is 12.4. The SMILES string of the molecule is CC(=NCC1CCNC1)Nc1c(C=N)[nH]c(=O)n1Cc1ccccc1Br. The summed E-state index contributed by atoms with van der Waals surface area (Å²) in [6, 6.07) is 7.78. The van der Waals surface area contributed by atoms with Crippen molar-refractivity contribution >= 4 is 33.8 Å². The second-order valence-electron chi connectivity index (χ2n) is 6.42. The second-order valence-corrected chi connectivity index (χ2v) is 7.28. The largest absolute Gasteiger partial charge is 0.329 e. The predicted octanol–water partition coefficient (Wildman–Crippen LogP) is 2.42. The number of rotatable bonds is 6. The van der Waals surface area contributed by atoms with Gasteiger partial charge in [0.1, 0.15) is 11.5 Å². The summed E-state index contributed by atoms with van der Waals surface area (Å²) in [6.07, 6.45) is 2.29. The van der Waals surface area contributed by atoms with Gasteiger partial charge in [0.2, 0.25) is 0 Å². The number of halogens is 1. The zero-order chi connectivity index (χ0) is 18.5. The average molecular weight is 419 g/mol. The normalized spacial score (nSPS) is 17.5. The Labute approximate surface area is 160 Å². The van der Waals surface area contributed by atoms with Crippen LogP contribution in [0.3, 0.4) is 0 Å². The lowest BCUT2D eigenvalue weighted by molar-refractivity contribution is 0.597. The lowest BCUT2D eigenvalue weighted by atomic mass is 10.1. The fraction of sp³-hybridized carbons (Fsp3) is 0.389. The number of nitrogens with one attached hydrogen (secondary N) is 4.